The Bertz CT molecular complexity index is 420. The van der Waals surface area contributed by atoms with Crippen LogP contribution < -0.4 is 10.6 Å². The second kappa shape index (κ2) is 7.78. The van der Waals surface area contributed by atoms with Crippen molar-refractivity contribution >= 4 is 27.6 Å². The van der Waals surface area contributed by atoms with Gasteiger partial charge in [-0.3, -0.25) is 0 Å². The molecule has 1 aromatic rings. The van der Waals surface area contributed by atoms with Crippen LogP contribution in [0, 0.1) is 0 Å². The number of rotatable bonds is 7. The van der Waals surface area contributed by atoms with Gasteiger partial charge in [0.25, 0.3) is 0 Å². The minimum Gasteiger partial charge on any atom is -0.369 e. The molecule has 2 N–H and O–H groups in total. The standard InChI is InChI=1S/C14H24BrN5/c1-3-6-16-13-12(15)14(18-10-17-13)19-11(2)9-20-7-4-5-8-20/h10-11H,3-9H2,1-2H3,(H2,16,17,18,19). The van der Waals surface area contributed by atoms with E-state index < -0.39 is 0 Å². The maximum Gasteiger partial charge on any atom is 0.146 e. The van der Waals surface area contributed by atoms with E-state index in [0.29, 0.717) is 6.04 Å². The van der Waals surface area contributed by atoms with Gasteiger partial charge in [0.1, 0.15) is 22.4 Å². The molecule has 1 fully saturated rings. The molecule has 1 aliphatic heterocycles. The molecule has 112 valence electrons. The van der Waals surface area contributed by atoms with Crippen LogP contribution in [0.1, 0.15) is 33.1 Å². The van der Waals surface area contributed by atoms with Gasteiger partial charge in [-0.25, -0.2) is 9.97 Å². The largest absolute Gasteiger partial charge is 0.369 e. The summed E-state index contributed by atoms with van der Waals surface area (Å²) in [7, 11) is 0. The number of hydrogen-bond donors (Lipinski definition) is 2. The van der Waals surface area contributed by atoms with Gasteiger partial charge in [-0.15, -0.1) is 0 Å². The summed E-state index contributed by atoms with van der Waals surface area (Å²) in [5.41, 5.74) is 0. The molecule has 0 aromatic carbocycles. The van der Waals surface area contributed by atoms with Crippen LogP contribution in [0.3, 0.4) is 0 Å². The molecule has 20 heavy (non-hydrogen) atoms. The first kappa shape index (κ1) is 15.5. The molecule has 1 aromatic heterocycles. The summed E-state index contributed by atoms with van der Waals surface area (Å²) in [6, 6.07) is 0.373. The van der Waals surface area contributed by atoms with Crippen LogP contribution >= 0.6 is 15.9 Å². The van der Waals surface area contributed by atoms with Crippen molar-refractivity contribution in [1.82, 2.24) is 14.9 Å². The van der Waals surface area contributed by atoms with Crippen molar-refractivity contribution in [2.75, 3.05) is 36.8 Å². The van der Waals surface area contributed by atoms with E-state index >= 15 is 0 Å². The van der Waals surface area contributed by atoms with Crippen LogP contribution in [-0.4, -0.2) is 47.1 Å². The molecule has 6 heteroatoms. The smallest absolute Gasteiger partial charge is 0.146 e. The van der Waals surface area contributed by atoms with E-state index in [9.17, 15) is 0 Å². The van der Waals surface area contributed by atoms with Crippen molar-refractivity contribution < 1.29 is 0 Å². The molecule has 0 saturated carbocycles. The molecule has 2 heterocycles. The monoisotopic (exact) mass is 341 g/mol. The fourth-order valence-corrected chi connectivity index (χ4v) is 2.93. The van der Waals surface area contributed by atoms with E-state index in [2.05, 4.69) is 55.3 Å². The van der Waals surface area contributed by atoms with Crippen molar-refractivity contribution in [3.05, 3.63) is 10.8 Å². The Morgan fingerprint density at radius 3 is 2.70 bits per heavy atom. The second-order valence-electron chi connectivity index (χ2n) is 5.36. The lowest BCUT2D eigenvalue weighted by atomic mass is 10.3. The summed E-state index contributed by atoms with van der Waals surface area (Å²) < 4.78 is 0.918. The van der Waals surface area contributed by atoms with Crippen molar-refractivity contribution in [2.24, 2.45) is 0 Å². The fourth-order valence-electron chi connectivity index (χ4n) is 2.47. The van der Waals surface area contributed by atoms with E-state index in [1.807, 2.05) is 0 Å². The molecule has 0 aliphatic carbocycles. The molecule has 5 nitrogen and oxygen atoms in total. The summed E-state index contributed by atoms with van der Waals surface area (Å²) >= 11 is 3.59. The van der Waals surface area contributed by atoms with Crippen molar-refractivity contribution in [3.63, 3.8) is 0 Å². The zero-order valence-electron chi connectivity index (χ0n) is 12.3. The van der Waals surface area contributed by atoms with Gasteiger partial charge in [-0.1, -0.05) is 6.92 Å². The van der Waals surface area contributed by atoms with E-state index in [0.717, 1.165) is 35.6 Å². The molecule has 0 bridgehead atoms. The molecule has 0 spiro atoms. The lowest BCUT2D eigenvalue weighted by Crippen LogP contribution is -2.33. The highest BCUT2D eigenvalue weighted by atomic mass is 79.9. The lowest BCUT2D eigenvalue weighted by Gasteiger charge is -2.22. The molecule has 0 radical (unpaired) electrons. The van der Waals surface area contributed by atoms with Crippen LogP contribution in [0.5, 0.6) is 0 Å². The quantitative estimate of drug-likeness (QED) is 0.798. The second-order valence-corrected chi connectivity index (χ2v) is 6.16. The van der Waals surface area contributed by atoms with Gasteiger partial charge < -0.3 is 15.5 Å². The van der Waals surface area contributed by atoms with E-state index in [1.165, 1.54) is 25.9 Å². The highest BCUT2D eigenvalue weighted by Gasteiger charge is 2.16. The average molecular weight is 342 g/mol. The summed E-state index contributed by atoms with van der Waals surface area (Å²) in [4.78, 5) is 11.1. The predicted octanol–water partition coefficient (Wildman–Crippen LogP) is 2.96. The van der Waals surface area contributed by atoms with Crippen molar-refractivity contribution in [1.29, 1.82) is 0 Å². The van der Waals surface area contributed by atoms with E-state index in [-0.39, 0.29) is 0 Å². The molecule has 0 amide bonds. The van der Waals surface area contributed by atoms with Gasteiger partial charge >= 0.3 is 0 Å². The summed E-state index contributed by atoms with van der Waals surface area (Å²) in [5, 5.41) is 6.78. The van der Waals surface area contributed by atoms with Gasteiger partial charge in [0.05, 0.1) is 0 Å². The molecule has 1 saturated heterocycles. The Balaban J connectivity index is 1.93. The summed E-state index contributed by atoms with van der Waals surface area (Å²) in [6.07, 6.45) is 5.34. The highest BCUT2D eigenvalue weighted by Crippen LogP contribution is 2.27. The molecule has 1 atom stereocenters. The Hall–Kier alpha value is -0.880. The number of anilines is 2. The molecular weight excluding hydrogens is 318 g/mol. The van der Waals surface area contributed by atoms with Gasteiger partial charge in [0.2, 0.25) is 0 Å². The lowest BCUT2D eigenvalue weighted by molar-refractivity contribution is 0.327. The van der Waals surface area contributed by atoms with Crippen LogP contribution in [0.15, 0.2) is 10.8 Å². The first-order valence-corrected chi connectivity index (χ1v) is 8.23. The Labute approximate surface area is 129 Å². The molecule has 1 unspecified atom stereocenters. The Kier molecular flexibility index (Phi) is 6.04. The minimum absolute atomic E-state index is 0.373. The number of aromatic nitrogens is 2. The van der Waals surface area contributed by atoms with E-state index in [1.54, 1.807) is 6.33 Å². The first-order chi connectivity index (χ1) is 9.70. The van der Waals surface area contributed by atoms with Crippen molar-refractivity contribution in [3.8, 4) is 0 Å². The third-order valence-corrected chi connectivity index (χ3v) is 4.20. The van der Waals surface area contributed by atoms with Gasteiger partial charge in [-0.2, -0.15) is 0 Å². The number of nitrogens with one attached hydrogen (secondary N) is 2. The van der Waals surface area contributed by atoms with Gasteiger partial charge in [0.15, 0.2) is 0 Å². The fraction of sp³-hybridized carbons (Fsp3) is 0.714. The zero-order valence-corrected chi connectivity index (χ0v) is 13.9. The number of hydrogen-bond acceptors (Lipinski definition) is 5. The van der Waals surface area contributed by atoms with Crippen molar-refractivity contribution in [2.45, 2.75) is 39.2 Å². The molecule has 2 rings (SSSR count). The first-order valence-electron chi connectivity index (χ1n) is 7.44. The normalized spacial score (nSPS) is 17.1. The topological polar surface area (TPSA) is 53.1 Å². The third kappa shape index (κ3) is 4.31. The maximum absolute atomic E-state index is 4.33. The van der Waals surface area contributed by atoms with Crippen LogP contribution in [-0.2, 0) is 0 Å². The minimum atomic E-state index is 0.373. The SMILES string of the molecule is CCCNc1ncnc(NC(C)CN2CCCC2)c1Br. The Morgan fingerprint density at radius 1 is 1.30 bits per heavy atom. The Morgan fingerprint density at radius 2 is 2.00 bits per heavy atom. The number of likely N-dealkylation sites (tertiary alicyclic amines) is 1. The summed E-state index contributed by atoms with van der Waals surface area (Å²) in [5.74, 6) is 1.73. The van der Waals surface area contributed by atoms with E-state index in [4.69, 9.17) is 0 Å². The average Bonchev–Trinajstić information content (AvgIpc) is 2.92. The highest BCUT2D eigenvalue weighted by molar-refractivity contribution is 9.10. The summed E-state index contributed by atoms with van der Waals surface area (Å²) in [6.45, 7) is 8.76. The number of halogens is 1. The van der Waals surface area contributed by atoms with Gasteiger partial charge in [-0.05, 0) is 55.2 Å². The van der Waals surface area contributed by atoms with Crippen LogP contribution in [0.4, 0.5) is 11.6 Å². The third-order valence-electron chi connectivity index (χ3n) is 3.45. The van der Waals surface area contributed by atoms with Crippen LogP contribution in [0.25, 0.3) is 0 Å². The molecular formula is C14H24BrN5. The van der Waals surface area contributed by atoms with Crippen LogP contribution in [0.2, 0.25) is 0 Å². The number of nitrogens with zero attached hydrogens (tertiary/aromatic N) is 3. The zero-order chi connectivity index (χ0) is 14.4. The van der Waals surface area contributed by atoms with Gasteiger partial charge in [0, 0.05) is 19.1 Å². The molecule has 1 aliphatic rings. The maximum atomic E-state index is 4.33. The predicted molar refractivity (Wildman–Crippen MR) is 87.3 cm³/mol.